The van der Waals surface area contributed by atoms with Crippen LogP contribution in [-0.2, 0) is 23.9 Å². The summed E-state index contributed by atoms with van der Waals surface area (Å²) < 4.78 is 22.9. The molecule has 9 heteroatoms. The smallest absolute Gasteiger partial charge is 0.312 e. The molecule has 1 aromatic rings. The van der Waals surface area contributed by atoms with Gasteiger partial charge in [0.2, 0.25) is 5.91 Å². The van der Waals surface area contributed by atoms with Crippen LogP contribution in [0.15, 0.2) is 24.3 Å². The normalized spacial score (nSPS) is 12.6. The molecule has 2 atom stereocenters. The summed E-state index contributed by atoms with van der Waals surface area (Å²) >= 11 is 0. The van der Waals surface area contributed by atoms with E-state index in [1.54, 1.807) is 13.8 Å². The van der Waals surface area contributed by atoms with E-state index in [0.29, 0.717) is 0 Å². The third-order valence-electron chi connectivity index (χ3n) is 3.36. The van der Waals surface area contributed by atoms with Crippen molar-refractivity contribution in [3.05, 3.63) is 35.6 Å². The molecule has 3 N–H and O–H groups in total. The van der Waals surface area contributed by atoms with E-state index in [2.05, 4.69) is 5.32 Å². The van der Waals surface area contributed by atoms with E-state index in [9.17, 15) is 23.6 Å². The van der Waals surface area contributed by atoms with Crippen LogP contribution in [0.5, 0.6) is 0 Å². The van der Waals surface area contributed by atoms with Crippen LogP contribution < -0.4 is 11.1 Å². The summed E-state index contributed by atoms with van der Waals surface area (Å²) in [5, 5.41) is 2.26. The van der Waals surface area contributed by atoms with Crippen LogP contribution in [-0.4, -0.2) is 43.0 Å². The Morgan fingerprint density at radius 2 is 1.81 bits per heavy atom. The van der Waals surface area contributed by atoms with E-state index >= 15 is 0 Å². The average Bonchev–Trinajstić information content (AvgIpc) is 2.58. The maximum atomic E-state index is 13.3. The molecule has 26 heavy (non-hydrogen) atoms. The molecule has 0 bridgehead atoms. The van der Waals surface area contributed by atoms with Crippen molar-refractivity contribution in [2.24, 2.45) is 11.7 Å². The first kappa shape index (κ1) is 21.1. The highest BCUT2D eigenvalue weighted by Gasteiger charge is 2.37. The number of carbonyl (C=O) groups is 4. The van der Waals surface area contributed by atoms with Gasteiger partial charge in [-0.2, -0.15) is 0 Å². The minimum absolute atomic E-state index is 0.00147. The van der Waals surface area contributed by atoms with Crippen molar-refractivity contribution in [1.29, 1.82) is 0 Å². The summed E-state index contributed by atoms with van der Waals surface area (Å²) in [5.74, 6) is -5.53. The molecule has 1 rings (SSSR count). The second kappa shape index (κ2) is 10.1. The van der Waals surface area contributed by atoms with E-state index in [1.807, 2.05) is 0 Å². The van der Waals surface area contributed by atoms with Crippen molar-refractivity contribution in [1.82, 2.24) is 5.32 Å². The number of carbonyl (C=O) groups excluding carboxylic acids is 4. The molecule has 0 radical (unpaired) electrons. The van der Waals surface area contributed by atoms with Crippen molar-refractivity contribution in [2.75, 3.05) is 13.2 Å². The molecule has 2 amide bonds. The fraction of sp³-hybridized carbons (Fsp3) is 0.412. The fourth-order valence-electron chi connectivity index (χ4n) is 2.21. The van der Waals surface area contributed by atoms with Gasteiger partial charge in [0.05, 0.1) is 25.6 Å². The summed E-state index contributed by atoms with van der Waals surface area (Å²) in [6, 6.07) is 3.20. The van der Waals surface area contributed by atoms with Gasteiger partial charge < -0.3 is 20.5 Å². The first-order valence-corrected chi connectivity index (χ1v) is 7.98. The lowest BCUT2D eigenvalue weighted by Crippen LogP contribution is -2.52. The van der Waals surface area contributed by atoms with Gasteiger partial charge in [0, 0.05) is 5.56 Å². The van der Waals surface area contributed by atoms with E-state index < -0.39 is 48.0 Å². The Morgan fingerprint density at radius 3 is 2.35 bits per heavy atom. The lowest BCUT2D eigenvalue weighted by atomic mass is 9.95. The zero-order valence-corrected chi connectivity index (χ0v) is 14.5. The van der Waals surface area contributed by atoms with Gasteiger partial charge in [0.15, 0.2) is 0 Å². The predicted octanol–water partition coefficient (Wildman–Crippen LogP) is 0.542. The summed E-state index contributed by atoms with van der Waals surface area (Å²) in [4.78, 5) is 47.9. The number of hydrogen-bond acceptors (Lipinski definition) is 6. The van der Waals surface area contributed by atoms with Crippen molar-refractivity contribution < 1.29 is 33.0 Å². The van der Waals surface area contributed by atoms with Crippen LogP contribution in [0.25, 0.3) is 0 Å². The molecule has 0 aromatic heterocycles. The molecule has 0 aliphatic carbocycles. The SMILES string of the molecule is CCOC(=O)C[C@H](C(=O)OCC)[C@H](NC(=O)c1cccc(F)c1)C(N)=O. The minimum Gasteiger partial charge on any atom is -0.466 e. The topological polar surface area (TPSA) is 125 Å². The number of benzene rings is 1. The highest BCUT2D eigenvalue weighted by atomic mass is 19.1. The molecule has 142 valence electrons. The lowest BCUT2D eigenvalue weighted by molar-refractivity contribution is -0.156. The predicted molar refractivity (Wildman–Crippen MR) is 88.2 cm³/mol. The van der Waals surface area contributed by atoms with Crippen LogP contribution >= 0.6 is 0 Å². The Kier molecular flexibility index (Phi) is 8.20. The van der Waals surface area contributed by atoms with Crippen LogP contribution in [0.4, 0.5) is 4.39 Å². The minimum atomic E-state index is -1.53. The van der Waals surface area contributed by atoms with Crippen LogP contribution in [0.3, 0.4) is 0 Å². The Labute approximate surface area is 149 Å². The van der Waals surface area contributed by atoms with Crippen LogP contribution in [0, 0.1) is 11.7 Å². The van der Waals surface area contributed by atoms with Gasteiger partial charge in [-0.25, -0.2) is 4.39 Å². The Bertz CT molecular complexity index is 679. The maximum absolute atomic E-state index is 13.3. The first-order valence-electron chi connectivity index (χ1n) is 7.98. The first-order chi connectivity index (χ1) is 12.3. The van der Waals surface area contributed by atoms with Gasteiger partial charge in [-0.05, 0) is 32.0 Å². The third-order valence-corrected chi connectivity index (χ3v) is 3.36. The van der Waals surface area contributed by atoms with Crippen molar-refractivity contribution in [2.45, 2.75) is 26.3 Å². The zero-order valence-electron chi connectivity index (χ0n) is 14.5. The molecule has 0 aliphatic rings. The molecule has 0 saturated carbocycles. The quantitative estimate of drug-likeness (QED) is 0.613. The van der Waals surface area contributed by atoms with Gasteiger partial charge in [0.1, 0.15) is 11.9 Å². The molecule has 0 fully saturated rings. The van der Waals surface area contributed by atoms with Gasteiger partial charge in [-0.3, -0.25) is 19.2 Å². The third kappa shape index (κ3) is 6.15. The summed E-state index contributed by atoms with van der Waals surface area (Å²) in [7, 11) is 0. The molecule has 0 saturated heterocycles. The number of nitrogens with two attached hydrogens (primary N) is 1. The molecule has 0 aliphatic heterocycles. The molecular formula is C17H21FN2O6. The number of rotatable bonds is 9. The van der Waals surface area contributed by atoms with E-state index in [1.165, 1.54) is 12.1 Å². The molecular weight excluding hydrogens is 347 g/mol. The summed E-state index contributed by atoms with van der Waals surface area (Å²) in [6.07, 6.45) is -0.510. The highest BCUT2D eigenvalue weighted by molar-refractivity contribution is 5.99. The highest BCUT2D eigenvalue weighted by Crippen LogP contribution is 2.15. The number of halogens is 1. The van der Waals surface area contributed by atoms with Crippen molar-refractivity contribution in [3.63, 3.8) is 0 Å². The Morgan fingerprint density at radius 1 is 1.15 bits per heavy atom. The average molecular weight is 368 g/mol. The van der Waals surface area contributed by atoms with Crippen LogP contribution in [0.1, 0.15) is 30.6 Å². The summed E-state index contributed by atoms with van der Waals surface area (Å²) in [6.45, 7) is 3.20. The fourth-order valence-corrected chi connectivity index (χ4v) is 2.21. The molecule has 0 spiro atoms. The Balaban J connectivity index is 3.06. The largest absolute Gasteiger partial charge is 0.466 e. The Hall–Kier alpha value is -2.97. The second-order valence-electron chi connectivity index (χ2n) is 5.23. The number of primary amides is 1. The van der Waals surface area contributed by atoms with E-state index in [-0.39, 0.29) is 18.8 Å². The maximum Gasteiger partial charge on any atom is 0.312 e. The van der Waals surface area contributed by atoms with Gasteiger partial charge in [-0.1, -0.05) is 6.07 Å². The molecule has 8 nitrogen and oxygen atoms in total. The van der Waals surface area contributed by atoms with Crippen LogP contribution in [0.2, 0.25) is 0 Å². The summed E-state index contributed by atoms with van der Waals surface area (Å²) in [5.41, 5.74) is 5.22. The second-order valence-corrected chi connectivity index (χ2v) is 5.23. The number of nitrogens with one attached hydrogen (secondary N) is 1. The van der Waals surface area contributed by atoms with Crippen molar-refractivity contribution in [3.8, 4) is 0 Å². The monoisotopic (exact) mass is 368 g/mol. The number of ether oxygens (including phenoxy) is 2. The van der Waals surface area contributed by atoms with Gasteiger partial charge in [0.25, 0.3) is 5.91 Å². The molecule has 0 heterocycles. The van der Waals surface area contributed by atoms with Crippen molar-refractivity contribution >= 4 is 23.8 Å². The van der Waals surface area contributed by atoms with E-state index in [4.69, 9.17) is 15.2 Å². The van der Waals surface area contributed by atoms with E-state index in [0.717, 1.165) is 12.1 Å². The molecule has 0 unspecified atom stereocenters. The number of amides is 2. The van der Waals surface area contributed by atoms with Gasteiger partial charge in [-0.15, -0.1) is 0 Å². The molecule has 1 aromatic carbocycles. The standard InChI is InChI=1S/C17H21FN2O6/c1-3-25-13(21)9-12(17(24)26-4-2)14(15(19)22)20-16(23)10-6-5-7-11(18)8-10/h5-8,12,14H,3-4,9H2,1-2H3,(H2,19,22)(H,20,23)/t12-,14-/m0/s1. The van der Waals surface area contributed by atoms with Gasteiger partial charge >= 0.3 is 11.9 Å². The zero-order chi connectivity index (χ0) is 19.7. The number of hydrogen-bond donors (Lipinski definition) is 2. The lowest BCUT2D eigenvalue weighted by Gasteiger charge is -2.23. The number of esters is 2.